The van der Waals surface area contributed by atoms with Crippen molar-refractivity contribution in [3.63, 3.8) is 0 Å². The van der Waals surface area contributed by atoms with E-state index in [1.54, 1.807) is 0 Å². The molecule has 0 radical (unpaired) electrons. The number of amides is 1. The van der Waals surface area contributed by atoms with Gasteiger partial charge in [-0.05, 0) is 70.7 Å². The molecule has 0 aromatic rings. The van der Waals surface area contributed by atoms with E-state index < -0.39 is 0 Å². The average molecular weight is 293 g/mol. The second-order valence-electron chi connectivity index (χ2n) is 7.44. The zero-order chi connectivity index (χ0) is 14.9. The molecule has 120 valence electrons. The molecule has 3 saturated heterocycles. The van der Waals surface area contributed by atoms with Crippen molar-refractivity contribution in [1.29, 1.82) is 0 Å². The van der Waals surface area contributed by atoms with Gasteiger partial charge in [0.25, 0.3) is 0 Å². The van der Waals surface area contributed by atoms with E-state index in [0.29, 0.717) is 5.91 Å². The lowest BCUT2D eigenvalue weighted by Gasteiger charge is -2.40. The molecule has 4 nitrogen and oxygen atoms in total. The standard InChI is InChI=1S/C17H31N3O/c1-3-19-9-4-15(5-10-19)14-20-12-7-17(8-13-20)6-11-18(2)16(17)21/h15H,3-14H2,1-2H3. The molecule has 0 N–H and O–H groups in total. The Morgan fingerprint density at radius 2 is 1.62 bits per heavy atom. The minimum atomic E-state index is 0.0107. The summed E-state index contributed by atoms with van der Waals surface area (Å²) in [7, 11) is 1.96. The zero-order valence-electron chi connectivity index (χ0n) is 13.8. The Kier molecular flexibility index (Phi) is 4.55. The molecule has 0 unspecified atom stereocenters. The minimum absolute atomic E-state index is 0.0107. The number of nitrogens with zero attached hydrogens (tertiary/aromatic N) is 3. The zero-order valence-corrected chi connectivity index (χ0v) is 13.8. The minimum Gasteiger partial charge on any atom is -0.345 e. The number of hydrogen-bond donors (Lipinski definition) is 0. The molecular formula is C17H31N3O. The van der Waals surface area contributed by atoms with Crippen LogP contribution in [0.15, 0.2) is 0 Å². The van der Waals surface area contributed by atoms with Gasteiger partial charge in [0.1, 0.15) is 0 Å². The van der Waals surface area contributed by atoms with E-state index in [1.807, 2.05) is 11.9 Å². The van der Waals surface area contributed by atoms with E-state index in [1.165, 1.54) is 39.0 Å². The predicted octanol–water partition coefficient (Wildman–Crippen LogP) is 1.66. The van der Waals surface area contributed by atoms with Crippen molar-refractivity contribution in [3.05, 3.63) is 0 Å². The van der Waals surface area contributed by atoms with Gasteiger partial charge in [-0.25, -0.2) is 0 Å². The number of carbonyl (C=O) groups excluding carboxylic acids is 1. The molecule has 0 saturated carbocycles. The summed E-state index contributed by atoms with van der Waals surface area (Å²) in [5.41, 5.74) is 0.0107. The van der Waals surface area contributed by atoms with Crippen LogP contribution in [0.2, 0.25) is 0 Å². The number of carbonyl (C=O) groups is 1. The lowest BCUT2D eigenvalue weighted by atomic mass is 9.77. The fraction of sp³-hybridized carbons (Fsp3) is 0.941. The van der Waals surface area contributed by atoms with Gasteiger partial charge in [0.2, 0.25) is 5.91 Å². The lowest BCUT2D eigenvalue weighted by Crippen LogP contribution is -2.46. The predicted molar refractivity (Wildman–Crippen MR) is 85.2 cm³/mol. The third-order valence-corrected chi connectivity index (χ3v) is 6.21. The monoisotopic (exact) mass is 293 g/mol. The van der Waals surface area contributed by atoms with Gasteiger partial charge in [0.05, 0.1) is 5.41 Å². The third kappa shape index (κ3) is 3.11. The molecule has 4 heteroatoms. The second-order valence-corrected chi connectivity index (χ2v) is 7.44. The number of piperidine rings is 2. The maximum Gasteiger partial charge on any atom is 0.228 e. The Balaban J connectivity index is 1.45. The molecule has 3 rings (SSSR count). The molecular weight excluding hydrogens is 262 g/mol. The average Bonchev–Trinajstić information content (AvgIpc) is 2.79. The van der Waals surface area contributed by atoms with E-state index in [-0.39, 0.29) is 5.41 Å². The smallest absolute Gasteiger partial charge is 0.228 e. The Hall–Kier alpha value is -0.610. The number of likely N-dealkylation sites (tertiary alicyclic amines) is 3. The van der Waals surface area contributed by atoms with Gasteiger partial charge in [0, 0.05) is 20.1 Å². The van der Waals surface area contributed by atoms with Gasteiger partial charge in [-0.2, -0.15) is 0 Å². The third-order valence-electron chi connectivity index (χ3n) is 6.21. The molecule has 3 aliphatic rings. The van der Waals surface area contributed by atoms with Crippen molar-refractivity contribution in [3.8, 4) is 0 Å². The molecule has 0 aromatic heterocycles. The Bertz CT molecular complexity index is 368. The summed E-state index contributed by atoms with van der Waals surface area (Å²) < 4.78 is 0. The summed E-state index contributed by atoms with van der Waals surface area (Å²) in [6, 6.07) is 0. The molecule has 3 fully saturated rings. The van der Waals surface area contributed by atoms with Gasteiger partial charge in [-0.15, -0.1) is 0 Å². The topological polar surface area (TPSA) is 26.8 Å². The molecule has 1 amide bonds. The van der Waals surface area contributed by atoms with Crippen LogP contribution < -0.4 is 0 Å². The van der Waals surface area contributed by atoms with Crippen LogP contribution in [0, 0.1) is 11.3 Å². The van der Waals surface area contributed by atoms with Crippen LogP contribution in [0.25, 0.3) is 0 Å². The molecule has 0 bridgehead atoms. The van der Waals surface area contributed by atoms with Crippen LogP contribution in [-0.4, -0.2) is 73.5 Å². The van der Waals surface area contributed by atoms with Gasteiger partial charge in [-0.1, -0.05) is 6.92 Å². The fourth-order valence-corrected chi connectivity index (χ4v) is 4.47. The molecule has 0 atom stereocenters. The summed E-state index contributed by atoms with van der Waals surface area (Å²) in [4.78, 5) is 19.5. The summed E-state index contributed by atoms with van der Waals surface area (Å²) in [6.45, 7) is 10.5. The molecule has 21 heavy (non-hydrogen) atoms. The van der Waals surface area contributed by atoms with Crippen molar-refractivity contribution >= 4 is 5.91 Å². The largest absolute Gasteiger partial charge is 0.345 e. The molecule has 0 aliphatic carbocycles. The van der Waals surface area contributed by atoms with Crippen molar-refractivity contribution in [2.24, 2.45) is 11.3 Å². The first-order chi connectivity index (χ1) is 10.1. The quantitative estimate of drug-likeness (QED) is 0.792. The van der Waals surface area contributed by atoms with E-state index >= 15 is 0 Å². The van der Waals surface area contributed by atoms with Gasteiger partial charge in [0.15, 0.2) is 0 Å². The van der Waals surface area contributed by atoms with E-state index in [2.05, 4.69) is 16.7 Å². The Morgan fingerprint density at radius 3 is 2.14 bits per heavy atom. The fourth-order valence-electron chi connectivity index (χ4n) is 4.47. The highest BCUT2D eigenvalue weighted by Crippen LogP contribution is 2.41. The molecule has 1 spiro atoms. The van der Waals surface area contributed by atoms with Crippen molar-refractivity contribution < 1.29 is 4.79 Å². The highest BCUT2D eigenvalue weighted by Gasteiger charge is 2.46. The number of rotatable bonds is 3. The van der Waals surface area contributed by atoms with Crippen LogP contribution in [0.4, 0.5) is 0 Å². The Morgan fingerprint density at radius 1 is 1.00 bits per heavy atom. The molecule has 3 heterocycles. The van der Waals surface area contributed by atoms with Gasteiger partial charge < -0.3 is 14.7 Å². The SMILES string of the molecule is CCN1CCC(CN2CCC3(CC2)CCN(C)C3=O)CC1. The highest BCUT2D eigenvalue weighted by molar-refractivity contribution is 5.84. The number of hydrogen-bond acceptors (Lipinski definition) is 3. The van der Waals surface area contributed by atoms with Crippen LogP contribution >= 0.6 is 0 Å². The first-order valence-electron chi connectivity index (χ1n) is 8.83. The maximum atomic E-state index is 12.3. The lowest BCUT2D eigenvalue weighted by molar-refractivity contribution is -0.137. The van der Waals surface area contributed by atoms with Crippen LogP contribution in [0.3, 0.4) is 0 Å². The van der Waals surface area contributed by atoms with E-state index in [0.717, 1.165) is 44.8 Å². The molecule has 0 aromatic carbocycles. The summed E-state index contributed by atoms with van der Waals surface area (Å²) in [5.74, 6) is 1.29. The van der Waals surface area contributed by atoms with E-state index in [4.69, 9.17) is 0 Å². The first-order valence-corrected chi connectivity index (χ1v) is 8.83. The first kappa shape index (κ1) is 15.3. The van der Waals surface area contributed by atoms with Crippen LogP contribution in [0.1, 0.15) is 39.0 Å². The summed E-state index contributed by atoms with van der Waals surface area (Å²) in [5, 5.41) is 0. The van der Waals surface area contributed by atoms with Crippen molar-refractivity contribution in [2.45, 2.75) is 39.0 Å². The summed E-state index contributed by atoms with van der Waals surface area (Å²) in [6.07, 6.45) is 5.98. The summed E-state index contributed by atoms with van der Waals surface area (Å²) >= 11 is 0. The Labute approximate surface area is 129 Å². The van der Waals surface area contributed by atoms with E-state index in [9.17, 15) is 4.79 Å². The normalized spacial score (nSPS) is 28.7. The van der Waals surface area contributed by atoms with Gasteiger partial charge >= 0.3 is 0 Å². The van der Waals surface area contributed by atoms with Crippen molar-refractivity contribution in [2.75, 3.05) is 52.9 Å². The van der Waals surface area contributed by atoms with Crippen molar-refractivity contribution in [1.82, 2.24) is 14.7 Å². The maximum absolute atomic E-state index is 12.3. The van der Waals surface area contributed by atoms with Crippen LogP contribution in [0.5, 0.6) is 0 Å². The van der Waals surface area contributed by atoms with Gasteiger partial charge in [-0.3, -0.25) is 4.79 Å². The second kappa shape index (κ2) is 6.25. The molecule has 3 aliphatic heterocycles. The highest BCUT2D eigenvalue weighted by atomic mass is 16.2. The van der Waals surface area contributed by atoms with Crippen LogP contribution in [-0.2, 0) is 4.79 Å².